The second kappa shape index (κ2) is 9.83. The predicted molar refractivity (Wildman–Crippen MR) is 122 cm³/mol. The van der Waals surface area contributed by atoms with E-state index in [0.29, 0.717) is 18.0 Å². The summed E-state index contributed by atoms with van der Waals surface area (Å²) < 4.78 is 13.2. The quantitative estimate of drug-likeness (QED) is 0.596. The lowest BCUT2D eigenvalue weighted by Crippen LogP contribution is -2.37. The van der Waals surface area contributed by atoms with Crippen LogP contribution in [0.5, 0.6) is 0 Å². The molecule has 6 nitrogen and oxygen atoms in total. The van der Waals surface area contributed by atoms with Crippen molar-refractivity contribution < 1.29 is 4.39 Å². The van der Waals surface area contributed by atoms with Gasteiger partial charge in [0.1, 0.15) is 11.6 Å². The normalized spacial score (nSPS) is 18.5. The van der Waals surface area contributed by atoms with Crippen molar-refractivity contribution in [2.24, 2.45) is 0 Å². The first-order valence-electron chi connectivity index (χ1n) is 10.8. The van der Waals surface area contributed by atoms with Crippen molar-refractivity contribution in [2.75, 3.05) is 24.3 Å². The molecule has 7 heteroatoms. The molecule has 0 atom stereocenters. The summed E-state index contributed by atoms with van der Waals surface area (Å²) in [7, 11) is 3.96. The highest BCUT2D eigenvalue weighted by atomic mass is 19.1. The molecule has 0 bridgehead atoms. The average molecular weight is 421 g/mol. The van der Waals surface area contributed by atoms with Crippen LogP contribution in [-0.2, 0) is 6.54 Å². The van der Waals surface area contributed by atoms with Crippen molar-refractivity contribution in [1.82, 2.24) is 20.3 Å². The van der Waals surface area contributed by atoms with E-state index < -0.39 is 0 Å². The third kappa shape index (κ3) is 5.76. The van der Waals surface area contributed by atoms with Gasteiger partial charge in [-0.3, -0.25) is 4.98 Å². The van der Waals surface area contributed by atoms with Crippen LogP contribution in [0.15, 0.2) is 55.0 Å². The summed E-state index contributed by atoms with van der Waals surface area (Å²) in [5.74, 6) is 1.38. The van der Waals surface area contributed by atoms with Crippen LogP contribution >= 0.6 is 0 Å². The highest BCUT2D eigenvalue weighted by molar-refractivity contribution is 5.62. The number of aromatic nitrogens is 3. The number of rotatable bonds is 7. The number of nitrogens with one attached hydrogen (secondary N) is 2. The minimum Gasteiger partial charge on any atom is -0.363 e. The maximum absolute atomic E-state index is 13.2. The molecule has 1 fully saturated rings. The van der Waals surface area contributed by atoms with Gasteiger partial charge in [0.2, 0.25) is 5.95 Å². The molecule has 0 aliphatic heterocycles. The number of benzene rings is 1. The van der Waals surface area contributed by atoms with Gasteiger partial charge in [0.25, 0.3) is 0 Å². The number of halogens is 1. The van der Waals surface area contributed by atoms with E-state index in [4.69, 9.17) is 0 Å². The molecule has 1 aliphatic carbocycles. The van der Waals surface area contributed by atoms with E-state index >= 15 is 0 Å². The van der Waals surface area contributed by atoms with Crippen LogP contribution in [0.1, 0.15) is 31.2 Å². The van der Waals surface area contributed by atoms with E-state index in [1.807, 2.05) is 37.5 Å². The van der Waals surface area contributed by atoms with Crippen molar-refractivity contribution >= 4 is 11.8 Å². The highest BCUT2D eigenvalue weighted by Gasteiger charge is 2.21. The largest absolute Gasteiger partial charge is 0.363 e. The fourth-order valence-electron chi connectivity index (χ4n) is 3.94. The summed E-state index contributed by atoms with van der Waals surface area (Å²) in [5.41, 5.74) is 3.12. The lowest BCUT2D eigenvalue weighted by Gasteiger charge is -2.30. The summed E-state index contributed by atoms with van der Waals surface area (Å²) in [6.07, 6.45) is 9.89. The topological polar surface area (TPSA) is 66.0 Å². The van der Waals surface area contributed by atoms with Gasteiger partial charge in [0.15, 0.2) is 0 Å². The van der Waals surface area contributed by atoms with Crippen LogP contribution in [0.4, 0.5) is 16.2 Å². The SMILES string of the molecule is CN(C)c1ccnc(N[C@H]2CC[C@@H](NCc3cncc(-c4ccc(F)cc4)c3)CC2)n1. The van der Waals surface area contributed by atoms with Crippen LogP contribution in [0.2, 0.25) is 0 Å². The Labute approximate surface area is 183 Å². The zero-order valence-electron chi connectivity index (χ0n) is 18.1. The summed E-state index contributed by atoms with van der Waals surface area (Å²) in [6.45, 7) is 0.777. The van der Waals surface area contributed by atoms with Gasteiger partial charge in [-0.15, -0.1) is 0 Å². The molecule has 1 aromatic carbocycles. The Morgan fingerprint density at radius 2 is 1.71 bits per heavy atom. The molecular formula is C24H29FN6. The third-order valence-electron chi connectivity index (χ3n) is 5.73. The first kappa shape index (κ1) is 21.2. The highest BCUT2D eigenvalue weighted by Crippen LogP contribution is 2.23. The third-order valence-corrected chi connectivity index (χ3v) is 5.73. The first-order valence-corrected chi connectivity index (χ1v) is 10.8. The molecule has 2 N–H and O–H groups in total. The van der Waals surface area contributed by atoms with Gasteiger partial charge in [0.05, 0.1) is 0 Å². The lowest BCUT2D eigenvalue weighted by atomic mass is 9.91. The van der Waals surface area contributed by atoms with Gasteiger partial charge in [-0.2, -0.15) is 4.98 Å². The maximum Gasteiger partial charge on any atom is 0.224 e. The van der Waals surface area contributed by atoms with Gasteiger partial charge in [-0.1, -0.05) is 12.1 Å². The minimum atomic E-state index is -0.225. The average Bonchev–Trinajstić information content (AvgIpc) is 2.79. The van der Waals surface area contributed by atoms with Gasteiger partial charge < -0.3 is 15.5 Å². The van der Waals surface area contributed by atoms with Crippen molar-refractivity contribution in [2.45, 2.75) is 44.3 Å². The zero-order valence-corrected chi connectivity index (χ0v) is 18.1. The molecular weight excluding hydrogens is 391 g/mol. The fraction of sp³-hybridized carbons (Fsp3) is 0.375. The van der Waals surface area contributed by atoms with Crippen LogP contribution in [0, 0.1) is 5.82 Å². The molecule has 0 unspecified atom stereocenters. The Morgan fingerprint density at radius 3 is 2.45 bits per heavy atom. The monoisotopic (exact) mass is 420 g/mol. The Kier molecular flexibility index (Phi) is 6.72. The molecule has 2 aromatic heterocycles. The Morgan fingerprint density at radius 1 is 0.968 bits per heavy atom. The van der Waals surface area contributed by atoms with Gasteiger partial charge in [-0.25, -0.2) is 9.37 Å². The van der Waals surface area contributed by atoms with E-state index in [9.17, 15) is 4.39 Å². The van der Waals surface area contributed by atoms with Crippen molar-refractivity contribution in [3.63, 3.8) is 0 Å². The second-order valence-electron chi connectivity index (χ2n) is 8.30. The van der Waals surface area contributed by atoms with Crippen molar-refractivity contribution in [3.05, 3.63) is 66.4 Å². The number of nitrogens with zero attached hydrogens (tertiary/aromatic N) is 4. The second-order valence-corrected chi connectivity index (χ2v) is 8.30. The molecule has 1 aliphatic rings. The number of hydrogen-bond donors (Lipinski definition) is 2. The van der Waals surface area contributed by atoms with Crippen molar-refractivity contribution in [1.29, 1.82) is 0 Å². The minimum absolute atomic E-state index is 0.225. The first-order chi connectivity index (χ1) is 15.1. The van der Waals surface area contributed by atoms with Crippen molar-refractivity contribution in [3.8, 4) is 11.1 Å². The molecule has 2 heterocycles. The molecule has 31 heavy (non-hydrogen) atoms. The molecule has 3 aromatic rings. The smallest absolute Gasteiger partial charge is 0.224 e. The molecule has 0 amide bonds. The summed E-state index contributed by atoms with van der Waals surface area (Å²) in [4.78, 5) is 15.3. The van der Waals surface area contributed by atoms with Gasteiger partial charge in [0, 0.05) is 56.9 Å². The predicted octanol–water partition coefficient (Wildman–Crippen LogP) is 4.26. The summed E-state index contributed by atoms with van der Waals surface area (Å²) in [6, 6.07) is 11.5. The zero-order chi connectivity index (χ0) is 21.6. The number of hydrogen-bond acceptors (Lipinski definition) is 6. The molecule has 0 saturated heterocycles. The molecule has 1 saturated carbocycles. The van der Waals surface area contributed by atoms with E-state index in [0.717, 1.165) is 54.7 Å². The van der Waals surface area contributed by atoms with E-state index in [1.54, 1.807) is 18.3 Å². The van der Waals surface area contributed by atoms with Crippen LogP contribution in [0.25, 0.3) is 11.1 Å². The van der Waals surface area contributed by atoms with Crippen LogP contribution in [0.3, 0.4) is 0 Å². The van der Waals surface area contributed by atoms with E-state index in [-0.39, 0.29) is 5.82 Å². The summed E-state index contributed by atoms with van der Waals surface area (Å²) >= 11 is 0. The molecule has 162 valence electrons. The Bertz CT molecular complexity index is 983. The molecule has 0 radical (unpaired) electrons. The molecule has 0 spiro atoms. The summed E-state index contributed by atoms with van der Waals surface area (Å²) in [5, 5.41) is 7.16. The van der Waals surface area contributed by atoms with Crippen LogP contribution in [-0.4, -0.2) is 41.1 Å². The lowest BCUT2D eigenvalue weighted by molar-refractivity contribution is 0.352. The van der Waals surface area contributed by atoms with E-state index in [2.05, 4.69) is 31.7 Å². The standard InChI is InChI=1S/C24H29FN6/c1-31(2)23-11-12-27-24(30-23)29-22-9-7-21(8-10-22)28-15-17-13-19(16-26-14-17)18-3-5-20(25)6-4-18/h3-6,11-14,16,21-22,28H,7-10,15H2,1-2H3,(H,27,29,30)/t21-,22+. The Balaban J connectivity index is 1.26. The van der Waals surface area contributed by atoms with E-state index in [1.165, 1.54) is 12.1 Å². The molecule has 4 rings (SSSR count). The maximum atomic E-state index is 13.2. The number of pyridine rings is 1. The Hall–Kier alpha value is -3.06. The number of anilines is 2. The fourth-order valence-corrected chi connectivity index (χ4v) is 3.94. The van der Waals surface area contributed by atoms with Crippen LogP contribution < -0.4 is 15.5 Å². The van der Waals surface area contributed by atoms with Gasteiger partial charge >= 0.3 is 0 Å². The van der Waals surface area contributed by atoms with Gasteiger partial charge in [-0.05, 0) is 61.1 Å².